The van der Waals surface area contributed by atoms with E-state index in [2.05, 4.69) is 59.8 Å². The lowest BCUT2D eigenvalue weighted by atomic mass is 10.3. The van der Waals surface area contributed by atoms with Gasteiger partial charge in [0.25, 0.3) is 0 Å². The van der Waals surface area contributed by atoms with Gasteiger partial charge < -0.3 is 27.8 Å². The molecule has 0 bridgehead atoms. The van der Waals surface area contributed by atoms with E-state index in [1.54, 1.807) is 0 Å². The third-order valence-electron chi connectivity index (χ3n) is 14.8. The SMILES string of the molecule is CCS(=O)(=O)c1cc2[nH]c(C(F)(F)F)nc2nc1-c1nc2cc(C(F)(F)F)ncc2n1C.CCS(=O)(=O)c1cc2c(nc1-c1nc3cc(C(F)(F)F)ncc3n1C)nc(C(F)(F)F)n2C.CCS(=O)(=O)c1cc2nc(C(F)(F)F)n(C)c2nc1-c1nc2cc(C(F)(F)F)ncc2n1C. The lowest BCUT2D eigenvalue weighted by Crippen LogP contribution is -2.13. The summed E-state index contributed by atoms with van der Waals surface area (Å²) >= 11 is 0. The Labute approximate surface area is 535 Å². The predicted molar refractivity (Wildman–Crippen MR) is 307 cm³/mol. The van der Waals surface area contributed by atoms with Crippen LogP contribution < -0.4 is 0 Å². The van der Waals surface area contributed by atoms with Gasteiger partial charge in [-0.1, -0.05) is 20.8 Å². The maximum absolute atomic E-state index is 13.3. The van der Waals surface area contributed by atoms with E-state index in [4.69, 9.17) is 0 Å². The van der Waals surface area contributed by atoms with E-state index >= 15 is 0 Å². The fourth-order valence-corrected chi connectivity index (χ4v) is 12.9. The number of pyridine rings is 6. The van der Waals surface area contributed by atoms with E-state index in [0.717, 1.165) is 50.9 Å². The second kappa shape index (κ2) is 23.8. The normalized spacial score (nSPS) is 13.4. The molecule has 12 heterocycles. The third-order valence-corrected chi connectivity index (χ3v) is 20.0. The summed E-state index contributed by atoms with van der Waals surface area (Å²) in [5.74, 6) is -5.66. The van der Waals surface area contributed by atoms with E-state index in [-0.39, 0.29) is 89.9 Å². The van der Waals surface area contributed by atoms with Crippen LogP contribution >= 0.6 is 0 Å². The van der Waals surface area contributed by atoms with Crippen molar-refractivity contribution in [2.24, 2.45) is 35.2 Å². The number of hydrogen-bond acceptors (Lipinski definition) is 18. The molecule has 522 valence electrons. The number of H-pyrrole nitrogens is 1. The van der Waals surface area contributed by atoms with Gasteiger partial charge in [0.15, 0.2) is 63.9 Å². The molecule has 0 aliphatic carbocycles. The van der Waals surface area contributed by atoms with Crippen molar-refractivity contribution in [1.29, 1.82) is 0 Å². The molecule has 0 saturated heterocycles. The predicted octanol–water partition coefficient (Wildman–Crippen LogP) is 11.2. The first kappa shape index (κ1) is 71.1. The molecular formula is C53H40F18N18O6S3. The number of hydrogen-bond donors (Lipinski definition) is 1. The number of rotatable bonds is 9. The Kier molecular flexibility index (Phi) is 17.3. The molecule has 24 nitrogen and oxygen atoms in total. The number of aryl methyl sites for hydroxylation is 5. The highest BCUT2D eigenvalue weighted by Gasteiger charge is 2.42. The van der Waals surface area contributed by atoms with Crippen molar-refractivity contribution in [2.45, 2.75) is 72.5 Å². The van der Waals surface area contributed by atoms with Crippen LogP contribution in [-0.4, -0.2) is 130 Å². The van der Waals surface area contributed by atoms with Crippen molar-refractivity contribution in [3.63, 3.8) is 0 Å². The van der Waals surface area contributed by atoms with Gasteiger partial charge in [-0.15, -0.1) is 0 Å². The largest absolute Gasteiger partial charge is 0.449 e. The molecule has 1 N–H and O–H groups in total. The van der Waals surface area contributed by atoms with Gasteiger partial charge in [0.05, 0.1) is 94.7 Å². The van der Waals surface area contributed by atoms with Gasteiger partial charge in [0.2, 0.25) is 17.5 Å². The number of fused-ring (bicyclic) bond motifs is 6. The first-order chi connectivity index (χ1) is 45.0. The average Bonchev–Trinajstić information content (AvgIpc) is 1.57. The van der Waals surface area contributed by atoms with E-state index in [1.165, 1.54) is 55.6 Å². The zero-order chi connectivity index (χ0) is 72.7. The van der Waals surface area contributed by atoms with Crippen LogP contribution in [0.15, 0.2) is 69.7 Å². The van der Waals surface area contributed by atoms with Gasteiger partial charge in [-0.05, 0) is 36.4 Å². The summed E-state index contributed by atoms with van der Waals surface area (Å²) in [4.78, 5) is 45.5. The molecule has 0 fully saturated rings. The molecular weight excluding hydrogens is 1420 g/mol. The van der Waals surface area contributed by atoms with Crippen LogP contribution in [0.1, 0.15) is 55.3 Å². The number of nitrogens with one attached hydrogen (secondary N) is 1. The second-order valence-corrected chi connectivity index (χ2v) is 27.7. The van der Waals surface area contributed by atoms with Crippen molar-refractivity contribution >= 4 is 96.1 Å². The lowest BCUT2D eigenvalue weighted by molar-refractivity contribution is -0.147. The van der Waals surface area contributed by atoms with E-state index < -0.39 is 144 Å². The van der Waals surface area contributed by atoms with Crippen LogP contribution in [-0.2, 0) is 102 Å². The van der Waals surface area contributed by atoms with Gasteiger partial charge in [0.1, 0.15) is 39.7 Å². The van der Waals surface area contributed by atoms with Crippen LogP contribution in [0.25, 0.3) is 101 Å². The first-order valence-electron chi connectivity index (χ1n) is 27.3. The molecule has 0 aliphatic heterocycles. The van der Waals surface area contributed by atoms with Crippen LogP contribution in [0, 0.1) is 0 Å². The molecule has 12 aromatic heterocycles. The number of halogens is 18. The molecule has 0 amide bonds. The number of aromatic nitrogens is 18. The quantitative estimate of drug-likeness (QED) is 0.131. The molecule has 98 heavy (non-hydrogen) atoms. The van der Waals surface area contributed by atoms with Gasteiger partial charge in [0, 0.05) is 35.2 Å². The van der Waals surface area contributed by atoms with Crippen molar-refractivity contribution in [3.8, 4) is 34.6 Å². The Bertz CT molecular complexity index is 5580. The number of nitrogens with zero attached hydrogens (tertiary/aromatic N) is 17. The van der Waals surface area contributed by atoms with Gasteiger partial charge >= 0.3 is 37.1 Å². The monoisotopic (exact) mass is 1460 g/mol. The molecule has 0 atom stereocenters. The van der Waals surface area contributed by atoms with E-state index in [1.807, 2.05) is 4.98 Å². The zero-order valence-electron chi connectivity index (χ0n) is 50.4. The van der Waals surface area contributed by atoms with Gasteiger partial charge in [-0.25, -0.2) is 85.1 Å². The smallest absolute Gasteiger partial charge is 0.333 e. The fourth-order valence-electron chi connectivity index (χ4n) is 9.78. The Morgan fingerprint density at radius 3 is 1.08 bits per heavy atom. The highest BCUT2D eigenvalue weighted by molar-refractivity contribution is 7.92. The molecule has 0 unspecified atom stereocenters. The summed E-state index contributed by atoms with van der Waals surface area (Å²) in [7, 11) is -5.76. The fraction of sp³-hybridized carbons (Fsp3) is 0.321. The number of imidazole rings is 6. The highest BCUT2D eigenvalue weighted by Crippen LogP contribution is 2.41. The minimum absolute atomic E-state index is 0.132. The van der Waals surface area contributed by atoms with Crippen molar-refractivity contribution in [2.75, 3.05) is 17.3 Å². The number of sulfone groups is 3. The molecule has 0 aromatic carbocycles. The maximum Gasteiger partial charge on any atom is 0.449 e. The minimum atomic E-state index is -4.83. The van der Waals surface area contributed by atoms with Crippen LogP contribution in [0.4, 0.5) is 79.0 Å². The minimum Gasteiger partial charge on any atom is -0.333 e. The Hall–Kier alpha value is -9.69. The van der Waals surface area contributed by atoms with Gasteiger partial charge in [-0.3, -0.25) is 0 Å². The maximum atomic E-state index is 13.3. The zero-order valence-corrected chi connectivity index (χ0v) is 52.8. The van der Waals surface area contributed by atoms with Crippen LogP contribution in [0.2, 0.25) is 0 Å². The molecule has 12 aromatic rings. The summed E-state index contributed by atoms with van der Waals surface area (Å²) in [5, 5.41) is 0. The molecule has 0 radical (unpaired) electrons. The summed E-state index contributed by atoms with van der Waals surface area (Å²) < 4.78 is 318. The van der Waals surface area contributed by atoms with Crippen molar-refractivity contribution in [1.82, 2.24) is 87.6 Å². The summed E-state index contributed by atoms with van der Waals surface area (Å²) in [6.45, 7) is 3.99. The van der Waals surface area contributed by atoms with Crippen LogP contribution in [0.5, 0.6) is 0 Å². The van der Waals surface area contributed by atoms with E-state index in [9.17, 15) is 104 Å². The van der Waals surface area contributed by atoms with Crippen molar-refractivity contribution in [3.05, 3.63) is 89.5 Å². The molecule has 0 saturated carbocycles. The van der Waals surface area contributed by atoms with E-state index in [0.29, 0.717) is 27.3 Å². The Morgan fingerprint density at radius 2 is 0.714 bits per heavy atom. The van der Waals surface area contributed by atoms with Gasteiger partial charge in [-0.2, -0.15) is 79.0 Å². The standard InChI is InChI=1S/2C18H14F6N6O2S.C17H12F6N6O2S/c1-4-33(31,32)11-5-9-14(30(3)16(27-9)18(22,23)24)28-13(11)15-26-8-6-12(17(19,20)21)25-7-10(8)29(15)2;1-4-33(31,32)11-6-9-14(28-16(30(9)3)18(22,23)24)27-13(11)15-26-8-5-12(17(19,20)21)25-7-10(8)29(15)2;1-3-32(30,31)10-4-8-13(28-15(26-8)17(21,22)23)27-12(10)14-25-7-5-11(16(18,19)20)24-6-9(7)29(14)2/h2*5-7H,4H2,1-3H3;4-6H,3H2,1-2H3,(H,26,27,28). The second-order valence-electron chi connectivity index (χ2n) is 21.0. The summed E-state index contributed by atoms with van der Waals surface area (Å²) in [6.07, 6.45) is -25.9. The third kappa shape index (κ3) is 12.9. The lowest BCUT2D eigenvalue weighted by Gasteiger charge is -2.10. The summed E-state index contributed by atoms with van der Waals surface area (Å²) in [5.41, 5.74) is -6.47. The molecule has 45 heteroatoms. The Morgan fingerprint density at radius 1 is 0.357 bits per heavy atom. The topological polar surface area (TPSA) is 298 Å². The number of alkyl halides is 18. The van der Waals surface area contributed by atoms with Crippen LogP contribution in [0.3, 0.4) is 0 Å². The Balaban J connectivity index is 0.000000159. The number of aromatic amines is 1. The van der Waals surface area contributed by atoms with Crippen molar-refractivity contribution < 1.29 is 104 Å². The highest BCUT2D eigenvalue weighted by atomic mass is 32.2. The molecule has 12 rings (SSSR count). The first-order valence-corrected chi connectivity index (χ1v) is 32.2. The molecule has 0 aliphatic rings. The molecule has 0 spiro atoms. The summed E-state index contributed by atoms with van der Waals surface area (Å²) in [6, 6.07) is 4.99. The average molecular weight is 1460 g/mol.